The second kappa shape index (κ2) is 2.71. The predicted molar refractivity (Wildman–Crippen MR) is 43.5 cm³/mol. The van der Waals surface area contributed by atoms with E-state index in [2.05, 4.69) is 10.9 Å². The van der Waals surface area contributed by atoms with Gasteiger partial charge in [0, 0.05) is 12.1 Å². The molecule has 4 nitrogen and oxygen atoms in total. The van der Waals surface area contributed by atoms with E-state index in [1.807, 2.05) is 0 Å². The van der Waals surface area contributed by atoms with E-state index >= 15 is 0 Å². The number of carboxylic acids is 1. The lowest BCUT2D eigenvalue weighted by molar-refractivity contribution is -0.144. The molecular weight excluding hydrogens is 156 g/mol. The van der Waals surface area contributed by atoms with E-state index in [-0.39, 0.29) is 11.5 Å². The predicted octanol–water partition coefficient (Wildman–Crippen LogP) is 0.108. The van der Waals surface area contributed by atoms with Crippen molar-refractivity contribution in [2.24, 2.45) is 5.92 Å². The monoisotopic (exact) mass is 170 g/mol. The van der Waals surface area contributed by atoms with E-state index in [0.717, 1.165) is 32.2 Å². The maximum Gasteiger partial charge on any atom is 0.306 e. The maximum atomic E-state index is 10.7. The molecule has 0 radical (unpaired) electrons. The van der Waals surface area contributed by atoms with Crippen LogP contribution >= 0.6 is 0 Å². The Morgan fingerprint density at radius 1 is 1.58 bits per heavy atom. The molecule has 0 aromatic carbocycles. The molecule has 1 saturated heterocycles. The summed E-state index contributed by atoms with van der Waals surface area (Å²) in [6.45, 7) is 0.927. The van der Waals surface area contributed by atoms with E-state index < -0.39 is 5.97 Å². The highest BCUT2D eigenvalue weighted by atomic mass is 16.4. The molecule has 1 aliphatic heterocycles. The summed E-state index contributed by atoms with van der Waals surface area (Å²) in [4.78, 5) is 10.7. The quantitative estimate of drug-likeness (QED) is 0.522. The Bertz CT molecular complexity index is 201. The largest absolute Gasteiger partial charge is 0.481 e. The lowest BCUT2D eigenvalue weighted by Gasteiger charge is -2.48. The molecule has 4 heteroatoms. The van der Waals surface area contributed by atoms with E-state index in [4.69, 9.17) is 5.11 Å². The van der Waals surface area contributed by atoms with Gasteiger partial charge in [-0.25, -0.2) is 0 Å². The topological polar surface area (TPSA) is 61.4 Å². The Hall–Kier alpha value is -0.610. The van der Waals surface area contributed by atoms with Gasteiger partial charge in [0.05, 0.1) is 5.92 Å². The van der Waals surface area contributed by atoms with Crippen LogP contribution in [0.2, 0.25) is 0 Å². The van der Waals surface area contributed by atoms with Crippen molar-refractivity contribution < 1.29 is 9.90 Å². The number of rotatable bonds is 1. The molecule has 0 aromatic rings. The van der Waals surface area contributed by atoms with Crippen molar-refractivity contribution in [3.8, 4) is 0 Å². The molecular formula is C8H14N2O2. The molecule has 1 saturated carbocycles. The molecule has 0 aromatic heterocycles. The number of hydrogen-bond acceptors (Lipinski definition) is 3. The summed E-state index contributed by atoms with van der Waals surface area (Å²) in [7, 11) is 0. The van der Waals surface area contributed by atoms with Gasteiger partial charge in [0.25, 0.3) is 0 Å². The van der Waals surface area contributed by atoms with Crippen LogP contribution in [-0.2, 0) is 4.79 Å². The van der Waals surface area contributed by atoms with Crippen LogP contribution in [-0.4, -0.2) is 23.2 Å². The second-order valence-corrected chi connectivity index (χ2v) is 3.89. The van der Waals surface area contributed by atoms with Crippen LogP contribution in [0, 0.1) is 5.92 Å². The molecule has 0 bridgehead atoms. The zero-order valence-corrected chi connectivity index (χ0v) is 6.97. The summed E-state index contributed by atoms with van der Waals surface area (Å²) >= 11 is 0. The highest BCUT2D eigenvalue weighted by Gasteiger charge is 2.42. The molecule has 68 valence electrons. The second-order valence-electron chi connectivity index (χ2n) is 3.89. The van der Waals surface area contributed by atoms with Gasteiger partial charge in [-0.3, -0.25) is 15.6 Å². The Balaban J connectivity index is 1.98. The van der Waals surface area contributed by atoms with Crippen LogP contribution in [0.5, 0.6) is 0 Å². The molecule has 2 aliphatic rings. The van der Waals surface area contributed by atoms with Gasteiger partial charge >= 0.3 is 5.97 Å². The van der Waals surface area contributed by atoms with Crippen molar-refractivity contribution in [2.75, 3.05) is 6.54 Å². The average Bonchev–Trinajstić information content (AvgIpc) is 2.02. The molecule has 1 aliphatic carbocycles. The summed E-state index contributed by atoms with van der Waals surface area (Å²) in [5.41, 5.74) is 6.23. The number of hydrogen-bond donors (Lipinski definition) is 3. The van der Waals surface area contributed by atoms with Crippen LogP contribution in [0.15, 0.2) is 0 Å². The van der Waals surface area contributed by atoms with Gasteiger partial charge in [-0.1, -0.05) is 6.42 Å². The third kappa shape index (κ3) is 1.21. The standard InChI is InChI=1S/C8H14N2O2/c11-7(12)6-2-1-3-8(4-6)5-9-10-8/h6,9-10H,1-5H2,(H,11,12). The van der Waals surface area contributed by atoms with Crippen molar-refractivity contribution in [2.45, 2.75) is 31.2 Å². The van der Waals surface area contributed by atoms with Crippen molar-refractivity contribution in [3.63, 3.8) is 0 Å². The smallest absolute Gasteiger partial charge is 0.306 e. The van der Waals surface area contributed by atoms with Crippen LogP contribution in [0.3, 0.4) is 0 Å². The molecule has 2 unspecified atom stereocenters. The van der Waals surface area contributed by atoms with Gasteiger partial charge in [-0.05, 0) is 19.3 Å². The minimum atomic E-state index is -0.636. The van der Waals surface area contributed by atoms with Crippen LogP contribution in [0.1, 0.15) is 25.7 Å². The molecule has 2 fully saturated rings. The van der Waals surface area contributed by atoms with Gasteiger partial charge in [-0.15, -0.1) is 0 Å². The van der Waals surface area contributed by atoms with E-state index in [1.54, 1.807) is 0 Å². The number of aliphatic carboxylic acids is 1. The summed E-state index contributed by atoms with van der Waals surface area (Å²) < 4.78 is 0. The third-order valence-corrected chi connectivity index (χ3v) is 2.97. The van der Waals surface area contributed by atoms with Gasteiger partial charge in [0.1, 0.15) is 0 Å². The van der Waals surface area contributed by atoms with Crippen LogP contribution in [0.25, 0.3) is 0 Å². The molecule has 1 heterocycles. The number of nitrogens with one attached hydrogen (secondary N) is 2. The SMILES string of the molecule is O=C(O)C1CCCC2(CNN2)C1. The van der Waals surface area contributed by atoms with E-state index in [0.29, 0.717) is 0 Å². The number of hydrazine groups is 1. The minimum Gasteiger partial charge on any atom is -0.481 e. The van der Waals surface area contributed by atoms with Crippen LogP contribution < -0.4 is 10.9 Å². The third-order valence-electron chi connectivity index (χ3n) is 2.97. The highest BCUT2D eigenvalue weighted by Crippen LogP contribution is 2.34. The Morgan fingerprint density at radius 2 is 2.33 bits per heavy atom. The first-order valence-corrected chi connectivity index (χ1v) is 4.45. The highest BCUT2D eigenvalue weighted by molar-refractivity contribution is 5.70. The first kappa shape index (κ1) is 8.01. The molecule has 1 spiro atoms. The Morgan fingerprint density at radius 3 is 2.83 bits per heavy atom. The van der Waals surface area contributed by atoms with Crippen molar-refractivity contribution in [1.82, 2.24) is 10.9 Å². The molecule has 12 heavy (non-hydrogen) atoms. The molecule has 3 N–H and O–H groups in total. The average molecular weight is 170 g/mol. The minimum absolute atomic E-state index is 0.112. The molecule has 0 amide bonds. The summed E-state index contributed by atoms with van der Waals surface area (Å²) in [6.07, 6.45) is 3.78. The summed E-state index contributed by atoms with van der Waals surface area (Å²) in [5.74, 6) is -0.767. The van der Waals surface area contributed by atoms with Gasteiger partial charge in [0.2, 0.25) is 0 Å². The first-order chi connectivity index (χ1) is 5.72. The van der Waals surface area contributed by atoms with Crippen molar-refractivity contribution in [1.29, 1.82) is 0 Å². The fourth-order valence-corrected chi connectivity index (χ4v) is 2.19. The van der Waals surface area contributed by atoms with E-state index in [9.17, 15) is 4.79 Å². The molecule has 2 rings (SSSR count). The first-order valence-electron chi connectivity index (χ1n) is 4.45. The Labute approximate surface area is 71.3 Å². The Kier molecular flexibility index (Phi) is 1.81. The number of carbonyl (C=O) groups is 1. The lowest BCUT2D eigenvalue weighted by Crippen LogP contribution is -2.71. The van der Waals surface area contributed by atoms with E-state index in [1.165, 1.54) is 0 Å². The van der Waals surface area contributed by atoms with Gasteiger partial charge < -0.3 is 5.11 Å². The zero-order chi connectivity index (χ0) is 8.60. The fourth-order valence-electron chi connectivity index (χ4n) is 2.19. The van der Waals surface area contributed by atoms with Crippen molar-refractivity contribution >= 4 is 5.97 Å². The lowest BCUT2D eigenvalue weighted by atomic mass is 9.74. The summed E-state index contributed by atoms with van der Waals surface area (Å²) in [5, 5.41) is 8.84. The normalized spacial score (nSPS) is 40.8. The van der Waals surface area contributed by atoms with Crippen molar-refractivity contribution in [3.05, 3.63) is 0 Å². The zero-order valence-electron chi connectivity index (χ0n) is 6.97. The molecule has 2 atom stereocenters. The van der Waals surface area contributed by atoms with Crippen LogP contribution in [0.4, 0.5) is 0 Å². The summed E-state index contributed by atoms with van der Waals surface area (Å²) in [6, 6.07) is 0. The fraction of sp³-hybridized carbons (Fsp3) is 0.875. The van der Waals surface area contributed by atoms with Gasteiger partial charge in [-0.2, -0.15) is 0 Å². The number of carboxylic acid groups (broad SMARTS) is 1. The maximum absolute atomic E-state index is 10.7. The van der Waals surface area contributed by atoms with Gasteiger partial charge in [0.15, 0.2) is 0 Å².